The van der Waals surface area contributed by atoms with E-state index in [1.54, 1.807) is 25.1 Å². The molecule has 7 nitrogen and oxygen atoms in total. The van der Waals surface area contributed by atoms with Gasteiger partial charge in [-0.05, 0) is 18.2 Å². The van der Waals surface area contributed by atoms with Crippen molar-refractivity contribution in [3.8, 4) is 0 Å². The lowest BCUT2D eigenvalue weighted by Gasteiger charge is -2.21. The minimum absolute atomic E-state index is 0.122. The summed E-state index contributed by atoms with van der Waals surface area (Å²) in [6, 6.07) is 4.46. The Balaban J connectivity index is 3.09. The molecule has 0 aliphatic rings. The summed E-state index contributed by atoms with van der Waals surface area (Å²) in [6.45, 7) is 0.139. The van der Waals surface area contributed by atoms with Crippen molar-refractivity contribution in [2.24, 2.45) is 0 Å². The highest BCUT2D eigenvalue weighted by Crippen LogP contribution is 2.26. The fourth-order valence-corrected chi connectivity index (χ4v) is 2.57. The van der Waals surface area contributed by atoms with Crippen LogP contribution in [0, 0.1) is 0 Å². The van der Waals surface area contributed by atoms with Gasteiger partial charge in [-0.25, -0.2) is 12.7 Å². The molecule has 0 saturated heterocycles. The van der Waals surface area contributed by atoms with Gasteiger partial charge in [-0.3, -0.25) is 4.79 Å². The summed E-state index contributed by atoms with van der Waals surface area (Å²) in [5.74, 6) is -0.156. The lowest BCUT2D eigenvalue weighted by atomic mass is 10.2. The van der Waals surface area contributed by atoms with Gasteiger partial charge < -0.3 is 16.0 Å². The summed E-state index contributed by atoms with van der Waals surface area (Å²) < 4.78 is 25.1. The third kappa shape index (κ3) is 3.40. The normalized spacial score (nSPS) is 11.4. The van der Waals surface area contributed by atoms with E-state index < -0.39 is 10.0 Å². The number of benzene rings is 1. The molecular formula is C12H20N4O3S. The van der Waals surface area contributed by atoms with E-state index in [4.69, 9.17) is 5.73 Å². The summed E-state index contributed by atoms with van der Waals surface area (Å²) in [6.07, 6.45) is 0. The van der Waals surface area contributed by atoms with Gasteiger partial charge in [0.25, 0.3) is 0 Å². The van der Waals surface area contributed by atoms with E-state index in [1.165, 1.54) is 26.2 Å². The smallest absolute Gasteiger partial charge is 0.242 e. The van der Waals surface area contributed by atoms with Gasteiger partial charge in [-0.1, -0.05) is 0 Å². The fraction of sp³-hybridized carbons (Fsp3) is 0.417. The molecule has 0 aromatic heterocycles. The second kappa shape index (κ2) is 6.10. The molecule has 0 fully saturated rings. The maximum absolute atomic E-state index is 12.0. The summed E-state index contributed by atoms with van der Waals surface area (Å²) in [7, 11) is 2.65. The van der Waals surface area contributed by atoms with Crippen molar-refractivity contribution in [3.05, 3.63) is 18.2 Å². The zero-order chi connectivity index (χ0) is 15.5. The van der Waals surface area contributed by atoms with Gasteiger partial charge in [0.2, 0.25) is 15.9 Å². The average Bonchev–Trinajstić information content (AvgIpc) is 2.37. The molecule has 20 heavy (non-hydrogen) atoms. The van der Waals surface area contributed by atoms with Crippen LogP contribution in [0.2, 0.25) is 0 Å². The van der Waals surface area contributed by atoms with E-state index in [2.05, 4.69) is 5.32 Å². The van der Waals surface area contributed by atoms with E-state index >= 15 is 0 Å². The number of carbonyl (C=O) groups excluding carboxylic acids is 1. The molecule has 0 heterocycles. The van der Waals surface area contributed by atoms with Crippen molar-refractivity contribution in [1.29, 1.82) is 0 Å². The summed E-state index contributed by atoms with van der Waals surface area (Å²) in [5.41, 5.74) is 6.79. The molecule has 0 saturated carbocycles. The maximum Gasteiger partial charge on any atom is 0.242 e. The van der Waals surface area contributed by atoms with Crippen molar-refractivity contribution >= 4 is 27.3 Å². The molecule has 0 spiro atoms. The van der Waals surface area contributed by atoms with E-state index in [-0.39, 0.29) is 17.3 Å². The quantitative estimate of drug-likeness (QED) is 0.728. The Bertz CT molecular complexity index is 599. The summed E-state index contributed by atoms with van der Waals surface area (Å²) in [5, 5.41) is 2.51. The molecule has 0 bridgehead atoms. The molecule has 112 valence electrons. The molecule has 0 radical (unpaired) electrons. The summed E-state index contributed by atoms with van der Waals surface area (Å²) in [4.78, 5) is 13.1. The molecule has 1 amide bonds. The first-order chi connectivity index (χ1) is 9.20. The Morgan fingerprint density at radius 1 is 1.30 bits per heavy atom. The number of nitrogen functional groups attached to an aromatic ring is 1. The van der Waals surface area contributed by atoms with Crippen LogP contribution in [0.1, 0.15) is 0 Å². The van der Waals surface area contributed by atoms with E-state index in [0.29, 0.717) is 11.4 Å². The van der Waals surface area contributed by atoms with Gasteiger partial charge >= 0.3 is 0 Å². The van der Waals surface area contributed by atoms with Crippen LogP contribution in [-0.2, 0) is 14.8 Å². The lowest BCUT2D eigenvalue weighted by Crippen LogP contribution is -2.33. The molecule has 1 rings (SSSR count). The first-order valence-corrected chi connectivity index (χ1v) is 7.38. The number of likely N-dealkylation sites (N-methyl/N-ethyl adjacent to an activating group) is 2. The minimum Gasteiger partial charge on any atom is -0.397 e. The highest BCUT2D eigenvalue weighted by molar-refractivity contribution is 7.89. The second-order valence-electron chi connectivity index (χ2n) is 4.54. The molecule has 1 aromatic rings. The average molecular weight is 300 g/mol. The molecule has 0 atom stereocenters. The Kier molecular flexibility index (Phi) is 4.96. The molecule has 0 aliphatic carbocycles. The number of hydrogen-bond acceptors (Lipinski definition) is 5. The van der Waals surface area contributed by atoms with Crippen LogP contribution in [0.4, 0.5) is 11.4 Å². The van der Waals surface area contributed by atoms with Gasteiger partial charge in [0, 0.05) is 28.2 Å². The first kappa shape index (κ1) is 16.3. The largest absolute Gasteiger partial charge is 0.397 e. The Morgan fingerprint density at radius 3 is 2.35 bits per heavy atom. The highest BCUT2D eigenvalue weighted by atomic mass is 32.2. The topological polar surface area (TPSA) is 95.7 Å². The number of amides is 1. The van der Waals surface area contributed by atoms with Crippen molar-refractivity contribution in [3.63, 3.8) is 0 Å². The van der Waals surface area contributed by atoms with Crippen molar-refractivity contribution in [2.45, 2.75) is 4.90 Å². The SMILES string of the molecule is CNC(=O)CN(C)c1ccc(S(=O)(=O)N(C)C)cc1N. The van der Waals surface area contributed by atoms with Crippen molar-refractivity contribution in [2.75, 3.05) is 45.4 Å². The van der Waals surface area contributed by atoms with Gasteiger partial charge in [0.1, 0.15) is 0 Å². The predicted octanol–water partition coefficient (Wildman–Crippen LogP) is -0.299. The Morgan fingerprint density at radius 2 is 1.90 bits per heavy atom. The maximum atomic E-state index is 12.0. The number of nitrogens with two attached hydrogens (primary N) is 1. The second-order valence-corrected chi connectivity index (χ2v) is 6.69. The predicted molar refractivity (Wildman–Crippen MR) is 79.1 cm³/mol. The first-order valence-electron chi connectivity index (χ1n) is 5.94. The van der Waals surface area contributed by atoms with Gasteiger partial charge in [-0.15, -0.1) is 0 Å². The third-order valence-corrected chi connectivity index (χ3v) is 4.66. The van der Waals surface area contributed by atoms with Gasteiger partial charge in [0.05, 0.1) is 22.8 Å². The van der Waals surface area contributed by atoms with Crippen LogP contribution in [-0.4, -0.2) is 53.4 Å². The van der Waals surface area contributed by atoms with Gasteiger partial charge in [0.15, 0.2) is 0 Å². The van der Waals surface area contributed by atoms with Crippen LogP contribution in [0.5, 0.6) is 0 Å². The van der Waals surface area contributed by atoms with E-state index in [1.807, 2.05) is 0 Å². The Hall–Kier alpha value is -1.80. The number of anilines is 2. The van der Waals surface area contributed by atoms with Crippen molar-refractivity contribution in [1.82, 2.24) is 9.62 Å². The number of carbonyl (C=O) groups is 1. The zero-order valence-corrected chi connectivity index (χ0v) is 12.9. The fourth-order valence-electron chi connectivity index (χ4n) is 1.63. The monoisotopic (exact) mass is 300 g/mol. The molecule has 3 N–H and O–H groups in total. The molecule has 1 aromatic carbocycles. The highest BCUT2D eigenvalue weighted by Gasteiger charge is 2.19. The number of nitrogens with zero attached hydrogens (tertiary/aromatic N) is 2. The zero-order valence-electron chi connectivity index (χ0n) is 12.0. The standard InChI is InChI=1S/C12H20N4O3S/c1-14-12(17)8-16(4)11-6-5-9(7-10(11)13)20(18,19)15(2)3/h5-7H,8,13H2,1-4H3,(H,14,17). The van der Waals surface area contributed by atoms with Crippen LogP contribution in [0.15, 0.2) is 23.1 Å². The molecule has 0 unspecified atom stereocenters. The molecular weight excluding hydrogens is 280 g/mol. The van der Waals surface area contributed by atoms with Crippen molar-refractivity contribution < 1.29 is 13.2 Å². The van der Waals surface area contributed by atoms with Crippen LogP contribution < -0.4 is 16.0 Å². The molecule has 8 heteroatoms. The van der Waals surface area contributed by atoms with E-state index in [0.717, 1.165) is 4.31 Å². The lowest BCUT2D eigenvalue weighted by molar-refractivity contribution is -0.119. The summed E-state index contributed by atoms with van der Waals surface area (Å²) >= 11 is 0. The molecule has 0 aliphatic heterocycles. The minimum atomic E-state index is -3.51. The third-order valence-electron chi connectivity index (χ3n) is 2.85. The number of nitrogens with one attached hydrogen (secondary N) is 1. The van der Waals surface area contributed by atoms with Crippen LogP contribution >= 0.6 is 0 Å². The number of sulfonamides is 1. The van der Waals surface area contributed by atoms with Gasteiger partial charge in [-0.2, -0.15) is 0 Å². The Labute approximate surface area is 119 Å². The number of rotatable bonds is 5. The van der Waals surface area contributed by atoms with E-state index in [9.17, 15) is 13.2 Å². The van der Waals surface area contributed by atoms with Crippen LogP contribution in [0.25, 0.3) is 0 Å². The van der Waals surface area contributed by atoms with Crippen LogP contribution in [0.3, 0.4) is 0 Å². The number of hydrogen-bond donors (Lipinski definition) is 2.